The Kier molecular flexibility index (Phi) is 7.31. The van der Waals surface area contributed by atoms with Crippen molar-refractivity contribution in [2.24, 2.45) is 0 Å². The van der Waals surface area contributed by atoms with Crippen molar-refractivity contribution in [3.8, 4) is 5.69 Å². The summed E-state index contributed by atoms with van der Waals surface area (Å²) < 4.78 is 1.72. The predicted molar refractivity (Wildman–Crippen MR) is 127 cm³/mol. The van der Waals surface area contributed by atoms with Gasteiger partial charge in [-0.2, -0.15) is 5.10 Å². The molecule has 8 nitrogen and oxygen atoms in total. The van der Waals surface area contributed by atoms with Gasteiger partial charge in [-0.15, -0.1) is 0 Å². The van der Waals surface area contributed by atoms with E-state index in [0.29, 0.717) is 18.0 Å². The van der Waals surface area contributed by atoms with Gasteiger partial charge in [-0.3, -0.25) is 9.59 Å². The molecule has 2 aromatic carbocycles. The number of aromatic nitrogens is 2. The summed E-state index contributed by atoms with van der Waals surface area (Å²) in [7, 11) is 0. The van der Waals surface area contributed by atoms with E-state index in [9.17, 15) is 19.8 Å². The largest absolute Gasteiger partial charge is 0.380 e. The molecule has 1 saturated heterocycles. The third-order valence-electron chi connectivity index (χ3n) is 6.11. The van der Waals surface area contributed by atoms with Crippen LogP contribution in [0.25, 0.3) is 5.69 Å². The number of hydrogen-bond donors (Lipinski definition) is 3. The Labute approximate surface area is 202 Å². The van der Waals surface area contributed by atoms with Crippen LogP contribution in [0, 0.1) is 0 Å². The van der Waals surface area contributed by atoms with Gasteiger partial charge < -0.3 is 20.4 Å². The van der Waals surface area contributed by atoms with Crippen molar-refractivity contribution in [1.29, 1.82) is 0 Å². The number of benzene rings is 2. The fourth-order valence-corrected chi connectivity index (χ4v) is 4.46. The molecule has 2 heterocycles. The fourth-order valence-electron chi connectivity index (χ4n) is 4.26. The van der Waals surface area contributed by atoms with Gasteiger partial charge in [0.25, 0.3) is 11.8 Å². The summed E-state index contributed by atoms with van der Waals surface area (Å²) in [5.74, 6) is -1.50. The first-order valence-corrected chi connectivity index (χ1v) is 11.6. The molecular weight excluding hydrogens is 456 g/mol. The zero-order valence-electron chi connectivity index (χ0n) is 18.7. The van der Waals surface area contributed by atoms with Crippen LogP contribution in [0.15, 0.2) is 67.0 Å². The Hall–Kier alpha value is -3.20. The Morgan fingerprint density at radius 2 is 1.88 bits per heavy atom. The van der Waals surface area contributed by atoms with Crippen molar-refractivity contribution in [1.82, 2.24) is 20.0 Å². The minimum atomic E-state index is -1.89. The number of carbonyl (C=O) groups is 2. The minimum Gasteiger partial charge on any atom is -0.380 e. The first kappa shape index (κ1) is 23.9. The van der Waals surface area contributed by atoms with Gasteiger partial charge in [0.05, 0.1) is 17.8 Å². The second-order valence-corrected chi connectivity index (χ2v) is 8.84. The summed E-state index contributed by atoms with van der Waals surface area (Å²) >= 11 is 6.09. The molecule has 3 N–H and O–H groups in total. The van der Waals surface area contributed by atoms with Gasteiger partial charge in [0.15, 0.2) is 12.2 Å². The normalized spacial score (nSPS) is 18.4. The van der Waals surface area contributed by atoms with Gasteiger partial charge in [0.1, 0.15) is 0 Å². The summed E-state index contributed by atoms with van der Waals surface area (Å²) in [5, 5.41) is 28.4. The smallest absolute Gasteiger partial charge is 0.255 e. The molecule has 178 valence electrons. The summed E-state index contributed by atoms with van der Waals surface area (Å²) in [6.07, 6.45) is 1.22. The van der Waals surface area contributed by atoms with E-state index in [0.717, 1.165) is 23.2 Å². The lowest BCUT2D eigenvalue weighted by Gasteiger charge is -2.29. The van der Waals surface area contributed by atoms with Gasteiger partial charge in [-0.25, -0.2) is 4.68 Å². The molecule has 0 bridgehead atoms. The first-order valence-electron chi connectivity index (χ1n) is 11.2. The number of rotatable bonds is 7. The average molecular weight is 483 g/mol. The maximum Gasteiger partial charge on any atom is 0.255 e. The molecule has 1 fully saturated rings. The molecular formula is C25H27ClN4O4. The highest BCUT2D eigenvalue weighted by molar-refractivity contribution is 6.30. The lowest BCUT2D eigenvalue weighted by molar-refractivity contribution is -0.154. The molecule has 3 aromatic rings. The van der Waals surface area contributed by atoms with Crippen LogP contribution in [0.1, 0.15) is 43.0 Å². The summed E-state index contributed by atoms with van der Waals surface area (Å²) in [5.41, 5.74) is 2.53. The number of amides is 2. The number of halogens is 1. The van der Waals surface area contributed by atoms with Crippen molar-refractivity contribution < 1.29 is 19.8 Å². The van der Waals surface area contributed by atoms with Gasteiger partial charge in [-0.05, 0) is 61.2 Å². The molecule has 4 rings (SSSR count). The number of nitrogens with zero attached hydrogens (tertiary/aromatic N) is 3. The van der Waals surface area contributed by atoms with Gasteiger partial charge in [-0.1, -0.05) is 35.9 Å². The quantitative estimate of drug-likeness (QED) is 0.480. The van der Waals surface area contributed by atoms with Crippen molar-refractivity contribution in [2.75, 3.05) is 6.54 Å². The molecule has 1 aliphatic heterocycles. The molecule has 4 atom stereocenters. The number of nitrogens with one attached hydrogen (secondary N) is 1. The zero-order chi connectivity index (χ0) is 24.2. The third kappa shape index (κ3) is 5.14. The molecule has 0 spiro atoms. The molecule has 1 aromatic heterocycles. The summed E-state index contributed by atoms with van der Waals surface area (Å²) in [4.78, 5) is 27.1. The van der Waals surface area contributed by atoms with E-state index in [2.05, 4.69) is 10.4 Å². The highest BCUT2D eigenvalue weighted by Gasteiger charge is 2.38. The van der Waals surface area contributed by atoms with E-state index in [-0.39, 0.29) is 6.04 Å². The highest BCUT2D eigenvalue weighted by atomic mass is 35.5. The number of likely N-dealkylation sites (tertiary alicyclic amines) is 1. The third-order valence-corrected chi connectivity index (χ3v) is 6.35. The van der Waals surface area contributed by atoms with Crippen LogP contribution in [0.5, 0.6) is 0 Å². The van der Waals surface area contributed by atoms with Gasteiger partial charge >= 0.3 is 0 Å². The number of carbonyl (C=O) groups excluding carboxylic acids is 2. The van der Waals surface area contributed by atoms with Crippen LogP contribution < -0.4 is 5.32 Å². The topological polar surface area (TPSA) is 108 Å². The minimum absolute atomic E-state index is 0.261. The molecule has 0 saturated carbocycles. The summed E-state index contributed by atoms with van der Waals surface area (Å²) in [6, 6.07) is 15.7. The zero-order valence-corrected chi connectivity index (χ0v) is 19.5. The van der Waals surface area contributed by atoms with E-state index < -0.39 is 30.1 Å². The van der Waals surface area contributed by atoms with Crippen molar-refractivity contribution in [2.45, 2.75) is 44.1 Å². The van der Waals surface area contributed by atoms with Crippen LogP contribution >= 0.6 is 11.6 Å². The number of hydrogen-bond acceptors (Lipinski definition) is 5. The van der Waals surface area contributed by atoms with Crippen molar-refractivity contribution in [3.63, 3.8) is 0 Å². The average Bonchev–Trinajstić information content (AvgIpc) is 3.55. The molecule has 2 amide bonds. The predicted octanol–water partition coefficient (Wildman–Crippen LogP) is 2.79. The van der Waals surface area contributed by atoms with E-state index in [1.807, 2.05) is 42.6 Å². The molecule has 34 heavy (non-hydrogen) atoms. The van der Waals surface area contributed by atoms with E-state index >= 15 is 0 Å². The molecule has 1 aliphatic rings. The molecule has 9 heteroatoms. The van der Waals surface area contributed by atoms with Gasteiger partial charge in [0, 0.05) is 24.0 Å². The molecule has 0 radical (unpaired) electrons. The SMILES string of the molecule is C[C@@H](NC(=O)[C@H](O)[C@@H](O)C(=O)N1CCC[C@H]1c1cccc(Cl)c1)c1ccc(-n2cccn2)cc1. The summed E-state index contributed by atoms with van der Waals surface area (Å²) in [6.45, 7) is 2.19. The van der Waals surface area contributed by atoms with E-state index in [1.165, 1.54) is 4.90 Å². The van der Waals surface area contributed by atoms with E-state index in [1.54, 1.807) is 36.0 Å². The van der Waals surface area contributed by atoms with Crippen LogP contribution in [-0.4, -0.2) is 55.5 Å². The lowest BCUT2D eigenvalue weighted by Crippen LogP contribution is -2.50. The van der Waals surface area contributed by atoms with Crippen molar-refractivity contribution >= 4 is 23.4 Å². The van der Waals surface area contributed by atoms with Crippen LogP contribution in [0.4, 0.5) is 0 Å². The number of aliphatic hydroxyl groups is 2. The van der Waals surface area contributed by atoms with Gasteiger partial charge in [0.2, 0.25) is 0 Å². The second kappa shape index (κ2) is 10.4. The Bertz CT molecular complexity index is 1140. The highest BCUT2D eigenvalue weighted by Crippen LogP contribution is 2.33. The maximum absolute atomic E-state index is 13.0. The lowest BCUT2D eigenvalue weighted by atomic mass is 10.0. The number of aliphatic hydroxyl groups excluding tert-OH is 2. The van der Waals surface area contributed by atoms with E-state index in [4.69, 9.17) is 11.6 Å². The Morgan fingerprint density at radius 3 is 2.56 bits per heavy atom. The Morgan fingerprint density at radius 1 is 1.12 bits per heavy atom. The van der Waals surface area contributed by atoms with Crippen LogP contribution in [0.2, 0.25) is 5.02 Å². The fraction of sp³-hybridized carbons (Fsp3) is 0.320. The molecule has 0 aliphatic carbocycles. The Balaban J connectivity index is 1.38. The molecule has 0 unspecified atom stereocenters. The maximum atomic E-state index is 13.0. The van der Waals surface area contributed by atoms with Crippen molar-refractivity contribution in [3.05, 3.63) is 83.1 Å². The van der Waals surface area contributed by atoms with Crippen LogP contribution in [-0.2, 0) is 9.59 Å². The first-order chi connectivity index (χ1) is 16.3. The second-order valence-electron chi connectivity index (χ2n) is 8.41. The standard InChI is InChI=1S/C25H27ClN4O4/c1-16(17-8-10-20(11-9-17)30-14-4-12-27-30)28-24(33)22(31)23(32)25(34)29-13-3-7-21(29)18-5-2-6-19(26)15-18/h2,4-6,8-12,14-16,21-23,31-32H,3,7,13H2,1H3,(H,28,33)/t16-,21+,22-,23-/m1/s1. The van der Waals surface area contributed by atoms with Crippen LogP contribution in [0.3, 0.4) is 0 Å². The monoisotopic (exact) mass is 482 g/mol.